The summed E-state index contributed by atoms with van der Waals surface area (Å²) in [6.45, 7) is 7.24. The second-order valence-electron chi connectivity index (χ2n) is 6.16. The van der Waals surface area contributed by atoms with Gasteiger partial charge in [0.2, 0.25) is 10.0 Å². The first-order valence-electron chi connectivity index (χ1n) is 7.87. The maximum absolute atomic E-state index is 12.8. The lowest BCUT2D eigenvalue weighted by atomic mass is 9.94. The maximum Gasteiger partial charge on any atom is 0.274 e. The lowest BCUT2D eigenvalue weighted by molar-refractivity contribution is 0.0364. The fraction of sp³-hybridized carbons (Fsp3) is 0.562. The number of hydroxylamine groups is 1. The number of carbonyl (C=O) groups excluding carboxylic acids is 1. The van der Waals surface area contributed by atoms with E-state index in [1.54, 1.807) is 19.1 Å². The summed E-state index contributed by atoms with van der Waals surface area (Å²) in [6, 6.07) is 6.06. The van der Waals surface area contributed by atoms with Crippen LogP contribution in [0.5, 0.6) is 0 Å². The highest BCUT2D eigenvalue weighted by atomic mass is 32.2. The van der Waals surface area contributed by atoms with Gasteiger partial charge in [-0.2, -0.15) is 4.31 Å². The highest BCUT2D eigenvalue weighted by Crippen LogP contribution is 2.26. The van der Waals surface area contributed by atoms with Crippen molar-refractivity contribution in [3.8, 4) is 0 Å². The van der Waals surface area contributed by atoms with Crippen LogP contribution in [-0.4, -0.2) is 38.3 Å². The molecule has 6 nitrogen and oxygen atoms in total. The van der Waals surface area contributed by atoms with Gasteiger partial charge < -0.3 is 0 Å². The van der Waals surface area contributed by atoms with E-state index < -0.39 is 15.9 Å². The van der Waals surface area contributed by atoms with E-state index in [2.05, 4.69) is 19.3 Å². The van der Waals surface area contributed by atoms with Gasteiger partial charge in [-0.25, -0.2) is 13.9 Å². The molecule has 1 amide bonds. The molecule has 1 aromatic carbocycles. The summed E-state index contributed by atoms with van der Waals surface area (Å²) < 4.78 is 27.2. The normalized spacial score (nSPS) is 22.7. The van der Waals surface area contributed by atoms with Gasteiger partial charge in [-0.1, -0.05) is 19.9 Å². The number of nitrogens with zero attached hydrogens (tertiary/aromatic N) is 1. The van der Waals surface area contributed by atoms with Crippen molar-refractivity contribution in [3.63, 3.8) is 0 Å². The van der Waals surface area contributed by atoms with E-state index in [0.717, 1.165) is 6.42 Å². The van der Waals surface area contributed by atoms with Gasteiger partial charge in [0.1, 0.15) is 0 Å². The van der Waals surface area contributed by atoms with Crippen LogP contribution in [0, 0.1) is 11.8 Å². The highest BCUT2D eigenvalue weighted by Gasteiger charge is 2.31. The third-order valence-corrected chi connectivity index (χ3v) is 5.71. The molecule has 1 saturated heterocycles. The summed E-state index contributed by atoms with van der Waals surface area (Å²) in [5.41, 5.74) is 2.54. The molecule has 1 fully saturated rings. The number of nitrogens with one attached hydrogen (secondary N) is 1. The number of carbonyl (C=O) groups is 1. The van der Waals surface area contributed by atoms with Crippen molar-refractivity contribution in [2.24, 2.45) is 11.8 Å². The SMILES string of the molecule is CCONC(=O)c1cccc(S(=O)(=O)N2CC(C)CC(C)C2)c1. The molecule has 0 saturated carbocycles. The first-order chi connectivity index (χ1) is 10.8. The topological polar surface area (TPSA) is 75.7 Å². The Morgan fingerprint density at radius 2 is 1.96 bits per heavy atom. The molecule has 0 spiro atoms. The van der Waals surface area contributed by atoms with Crippen LogP contribution in [0.15, 0.2) is 29.2 Å². The summed E-state index contributed by atoms with van der Waals surface area (Å²) in [4.78, 5) is 16.9. The van der Waals surface area contributed by atoms with E-state index in [1.807, 2.05) is 0 Å². The van der Waals surface area contributed by atoms with Gasteiger partial charge in [0.05, 0.1) is 11.5 Å². The second-order valence-corrected chi connectivity index (χ2v) is 8.10. The number of benzene rings is 1. The van der Waals surface area contributed by atoms with Gasteiger partial charge in [-0.15, -0.1) is 0 Å². The third-order valence-electron chi connectivity index (χ3n) is 3.88. The Hall–Kier alpha value is -1.44. The van der Waals surface area contributed by atoms with Crippen LogP contribution in [0.25, 0.3) is 0 Å². The number of hydrogen-bond acceptors (Lipinski definition) is 4. The molecule has 2 atom stereocenters. The molecule has 2 rings (SSSR count). The van der Waals surface area contributed by atoms with Crippen LogP contribution in [0.4, 0.5) is 0 Å². The predicted molar refractivity (Wildman–Crippen MR) is 87.2 cm³/mol. The quantitative estimate of drug-likeness (QED) is 0.832. The number of sulfonamides is 1. The van der Waals surface area contributed by atoms with Crippen molar-refractivity contribution in [3.05, 3.63) is 29.8 Å². The Bertz CT molecular complexity index is 650. The van der Waals surface area contributed by atoms with Crippen LogP contribution in [0.1, 0.15) is 37.6 Å². The zero-order valence-corrected chi connectivity index (χ0v) is 14.6. The molecule has 0 bridgehead atoms. The molecular weight excluding hydrogens is 316 g/mol. The predicted octanol–water partition coefficient (Wildman–Crippen LogP) is 2.03. The van der Waals surface area contributed by atoms with Crippen LogP contribution in [0.2, 0.25) is 0 Å². The summed E-state index contributed by atoms with van der Waals surface area (Å²) in [6.07, 6.45) is 1.03. The van der Waals surface area contributed by atoms with Gasteiger partial charge in [0, 0.05) is 18.7 Å². The lowest BCUT2D eigenvalue weighted by Crippen LogP contribution is -2.42. The monoisotopic (exact) mass is 340 g/mol. The molecule has 1 aliphatic rings. The van der Waals surface area contributed by atoms with Crippen molar-refractivity contribution in [2.75, 3.05) is 19.7 Å². The molecule has 0 radical (unpaired) electrons. The molecule has 1 aliphatic heterocycles. The molecule has 128 valence electrons. The van der Waals surface area contributed by atoms with Gasteiger partial charge in [0.15, 0.2) is 0 Å². The zero-order valence-electron chi connectivity index (χ0n) is 13.8. The number of rotatable bonds is 5. The van der Waals surface area contributed by atoms with Gasteiger partial charge in [-0.05, 0) is 43.4 Å². The lowest BCUT2D eigenvalue weighted by Gasteiger charge is -2.34. The minimum atomic E-state index is -3.59. The first-order valence-corrected chi connectivity index (χ1v) is 9.31. The van der Waals surface area contributed by atoms with Crippen molar-refractivity contribution in [1.82, 2.24) is 9.79 Å². The van der Waals surface area contributed by atoms with Crippen LogP contribution < -0.4 is 5.48 Å². The van der Waals surface area contributed by atoms with Crippen molar-refractivity contribution in [2.45, 2.75) is 32.1 Å². The van der Waals surface area contributed by atoms with Gasteiger partial charge in [0.25, 0.3) is 5.91 Å². The summed E-state index contributed by atoms with van der Waals surface area (Å²) in [7, 11) is -3.59. The average molecular weight is 340 g/mol. The molecule has 1 heterocycles. The molecule has 2 unspecified atom stereocenters. The Kier molecular flexibility index (Phi) is 5.78. The Balaban J connectivity index is 2.24. The summed E-state index contributed by atoms with van der Waals surface area (Å²) in [5.74, 6) is 0.209. The Labute approximate surface area is 137 Å². The minimum Gasteiger partial charge on any atom is -0.274 e. The molecular formula is C16H24N2O4S. The van der Waals surface area contributed by atoms with E-state index in [1.165, 1.54) is 16.4 Å². The molecule has 1 aromatic rings. The molecule has 7 heteroatoms. The summed E-state index contributed by atoms with van der Waals surface area (Å²) in [5, 5.41) is 0. The zero-order chi connectivity index (χ0) is 17.0. The molecule has 0 aromatic heterocycles. The van der Waals surface area contributed by atoms with Crippen LogP contribution in [0.3, 0.4) is 0 Å². The van der Waals surface area contributed by atoms with Crippen molar-refractivity contribution >= 4 is 15.9 Å². The fourth-order valence-electron chi connectivity index (χ4n) is 2.95. The molecule has 1 N–H and O–H groups in total. The fourth-order valence-corrected chi connectivity index (χ4v) is 4.67. The van der Waals surface area contributed by atoms with Gasteiger partial charge in [-0.3, -0.25) is 9.63 Å². The minimum absolute atomic E-state index is 0.142. The first kappa shape index (κ1) is 17.9. The van der Waals surface area contributed by atoms with E-state index in [-0.39, 0.29) is 10.5 Å². The van der Waals surface area contributed by atoms with Crippen molar-refractivity contribution < 1.29 is 18.0 Å². The molecule has 0 aliphatic carbocycles. The third kappa shape index (κ3) is 4.31. The molecule has 23 heavy (non-hydrogen) atoms. The van der Waals surface area contributed by atoms with Crippen LogP contribution in [-0.2, 0) is 14.9 Å². The maximum atomic E-state index is 12.8. The number of piperidine rings is 1. The van der Waals surface area contributed by atoms with E-state index >= 15 is 0 Å². The standard InChI is InChI=1S/C16H24N2O4S/c1-4-22-17-16(19)14-6-5-7-15(9-14)23(20,21)18-10-12(2)8-13(3)11-18/h5-7,9,12-13H,4,8,10-11H2,1-3H3,(H,17,19). The Morgan fingerprint density at radius 1 is 1.30 bits per heavy atom. The number of hydrogen-bond donors (Lipinski definition) is 1. The van der Waals surface area contributed by atoms with E-state index in [9.17, 15) is 13.2 Å². The van der Waals surface area contributed by atoms with Crippen molar-refractivity contribution in [1.29, 1.82) is 0 Å². The summed E-state index contributed by atoms with van der Waals surface area (Å²) >= 11 is 0. The van der Waals surface area contributed by atoms with E-state index in [4.69, 9.17) is 4.84 Å². The second kappa shape index (κ2) is 7.42. The smallest absolute Gasteiger partial charge is 0.274 e. The van der Waals surface area contributed by atoms with E-state index in [0.29, 0.717) is 31.5 Å². The van der Waals surface area contributed by atoms with Gasteiger partial charge >= 0.3 is 0 Å². The largest absolute Gasteiger partial charge is 0.274 e. The Morgan fingerprint density at radius 3 is 2.57 bits per heavy atom. The average Bonchev–Trinajstić information content (AvgIpc) is 2.51. The number of amides is 1. The van der Waals surface area contributed by atoms with Crippen LogP contribution >= 0.6 is 0 Å². The highest BCUT2D eigenvalue weighted by molar-refractivity contribution is 7.89.